The molecular formula is C33H37Cl2N5O4. The minimum Gasteiger partial charge on any atom is -0.491 e. The first-order valence-corrected chi connectivity index (χ1v) is 15.8. The van der Waals surface area contributed by atoms with Crippen LogP contribution in [0.15, 0.2) is 77.9 Å². The zero-order valence-electron chi connectivity index (χ0n) is 25.2. The Kier molecular flexibility index (Phi) is 8.91. The van der Waals surface area contributed by atoms with Gasteiger partial charge in [0.05, 0.1) is 23.4 Å². The molecule has 3 heterocycles. The molecule has 3 atom stereocenters. The number of benzene rings is 3. The van der Waals surface area contributed by atoms with Crippen molar-refractivity contribution in [3.05, 3.63) is 99.2 Å². The molecule has 0 amide bonds. The molecule has 44 heavy (non-hydrogen) atoms. The molecule has 2 saturated heterocycles. The van der Waals surface area contributed by atoms with Gasteiger partial charge in [-0.05, 0) is 80.9 Å². The summed E-state index contributed by atoms with van der Waals surface area (Å²) in [5.74, 6) is -0.163. The van der Waals surface area contributed by atoms with E-state index >= 15 is 0 Å². The largest absolute Gasteiger partial charge is 0.491 e. The van der Waals surface area contributed by atoms with Gasteiger partial charge in [0.2, 0.25) is 0 Å². The van der Waals surface area contributed by atoms with Crippen LogP contribution in [0.2, 0.25) is 10.0 Å². The van der Waals surface area contributed by atoms with Crippen molar-refractivity contribution >= 4 is 34.6 Å². The molecule has 6 rings (SSSR count). The first-order chi connectivity index (χ1) is 21.2. The number of hydrogen-bond donors (Lipinski definition) is 0. The van der Waals surface area contributed by atoms with Crippen molar-refractivity contribution in [1.29, 1.82) is 0 Å². The maximum atomic E-state index is 12.8. The van der Waals surface area contributed by atoms with E-state index in [0.717, 1.165) is 61.0 Å². The average Bonchev–Trinajstić information content (AvgIpc) is 3.62. The molecule has 0 N–H and O–H groups in total. The molecule has 0 aliphatic carbocycles. The van der Waals surface area contributed by atoms with E-state index < -0.39 is 5.79 Å². The highest BCUT2D eigenvalue weighted by Crippen LogP contribution is 2.38. The SMILES string of the molecule is CC[C@@H](C)n1ncn(-c2ccc(N3CCN(c4ccc(OCC5COC(C)(c6ccc(Cl)cc6Cl)O5)cc4)CC3)cc2)c1=O. The smallest absolute Gasteiger partial charge is 0.350 e. The van der Waals surface area contributed by atoms with E-state index in [-0.39, 0.29) is 17.8 Å². The topological polar surface area (TPSA) is 74.0 Å². The third-order valence-electron chi connectivity index (χ3n) is 8.47. The Morgan fingerprint density at radius 3 is 2.18 bits per heavy atom. The van der Waals surface area contributed by atoms with Crippen LogP contribution in [-0.2, 0) is 15.3 Å². The Hall–Kier alpha value is -3.50. The van der Waals surface area contributed by atoms with Crippen LogP contribution < -0.4 is 20.2 Å². The summed E-state index contributed by atoms with van der Waals surface area (Å²) in [6.07, 6.45) is 2.23. The quantitative estimate of drug-likeness (QED) is 0.213. The molecule has 0 radical (unpaired) electrons. The van der Waals surface area contributed by atoms with Gasteiger partial charge in [0, 0.05) is 48.1 Å². The van der Waals surface area contributed by atoms with Crippen LogP contribution in [0.3, 0.4) is 0 Å². The standard InChI is InChI=1S/C33H37Cl2N5O4/c1-4-23(2)40-32(41)39(22-36-40)27-8-6-25(7-9-27)37-15-17-38(18-16-37)26-10-12-28(13-11-26)42-20-29-21-43-33(3,44-29)30-14-5-24(34)19-31(30)35/h5-14,19,22-23,29H,4,15-18,20-21H2,1-3H3/t23-,29?,33?/m1/s1. The van der Waals surface area contributed by atoms with Gasteiger partial charge in [-0.2, -0.15) is 5.10 Å². The monoisotopic (exact) mass is 637 g/mol. The number of nitrogens with zero attached hydrogens (tertiary/aromatic N) is 5. The molecule has 0 spiro atoms. The minimum atomic E-state index is -0.944. The molecule has 0 saturated carbocycles. The first-order valence-electron chi connectivity index (χ1n) is 15.0. The summed E-state index contributed by atoms with van der Waals surface area (Å²) in [5, 5.41) is 5.37. The van der Waals surface area contributed by atoms with Crippen molar-refractivity contribution in [2.45, 2.75) is 45.1 Å². The fourth-order valence-corrected chi connectivity index (χ4v) is 6.26. The fraction of sp³-hybridized carbons (Fsp3) is 0.394. The van der Waals surface area contributed by atoms with Crippen molar-refractivity contribution in [2.24, 2.45) is 0 Å². The van der Waals surface area contributed by atoms with Gasteiger partial charge in [0.25, 0.3) is 0 Å². The van der Waals surface area contributed by atoms with Gasteiger partial charge in [-0.15, -0.1) is 0 Å². The van der Waals surface area contributed by atoms with E-state index in [1.165, 1.54) is 0 Å². The first kappa shape index (κ1) is 30.5. The van der Waals surface area contributed by atoms with Crippen molar-refractivity contribution in [2.75, 3.05) is 49.2 Å². The molecule has 4 aromatic rings. The zero-order chi connectivity index (χ0) is 30.8. The normalized spacial score (nSPS) is 21.1. The van der Waals surface area contributed by atoms with E-state index in [9.17, 15) is 4.79 Å². The maximum absolute atomic E-state index is 12.8. The maximum Gasteiger partial charge on any atom is 0.350 e. The van der Waals surface area contributed by atoms with Crippen LogP contribution in [0, 0.1) is 0 Å². The van der Waals surface area contributed by atoms with Gasteiger partial charge < -0.3 is 24.0 Å². The molecule has 2 fully saturated rings. The van der Waals surface area contributed by atoms with Crippen LogP contribution >= 0.6 is 23.2 Å². The lowest BCUT2D eigenvalue weighted by Gasteiger charge is -2.37. The van der Waals surface area contributed by atoms with Crippen LogP contribution in [0.4, 0.5) is 11.4 Å². The average molecular weight is 639 g/mol. The molecule has 2 unspecified atom stereocenters. The van der Waals surface area contributed by atoms with Gasteiger partial charge in [-0.1, -0.05) is 36.2 Å². The second-order valence-corrected chi connectivity index (χ2v) is 12.2. The lowest BCUT2D eigenvalue weighted by atomic mass is 10.1. The highest BCUT2D eigenvalue weighted by Gasteiger charge is 2.40. The van der Waals surface area contributed by atoms with Gasteiger partial charge in [0.15, 0.2) is 5.79 Å². The molecule has 2 aliphatic heterocycles. The van der Waals surface area contributed by atoms with Crippen LogP contribution in [0.1, 0.15) is 38.8 Å². The Bertz CT molecular complexity index is 1630. The molecule has 0 bridgehead atoms. The van der Waals surface area contributed by atoms with Gasteiger partial charge in [-0.25, -0.2) is 14.0 Å². The van der Waals surface area contributed by atoms with Crippen LogP contribution in [0.5, 0.6) is 5.75 Å². The lowest BCUT2D eigenvalue weighted by Crippen LogP contribution is -2.46. The number of hydrogen-bond acceptors (Lipinski definition) is 7. The molecular weight excluding hydrogens is 601 g/mol. The fourth-order valence-electron chi connectivity index (χ4n) is 5.68. The Balaban J connectivity index is 0.991. The summed E-state index contributed by atoms with van der Waals surface area (Å²) >= 11 is 12.4. The van der Waals surface area contributed by atoms with Crippen molar-refractivity contribution in [3.8, 4) is 11.4 Å². The van der Waals surface area contributed by atoms with E-state index in [0.29, 0.717) is 23.3 Å². The Morgan fingerprint density at radius 1 is 0.955 bits per heavy atom. The van der Waals surface area contributed by atoms with E-state index in [1.54, 1.807) is 27.7 Å². The van der Waals surface area contributed by atoms with Gasteiger partial charge in [-0.3, -0.25) is 0 Å². The Morgan fingerprint density at radius 2 is 1.57 bits per heavy atom. The highest BCUT2D eigenvalue weighted by atomic mass is 35.5. The molecule has 3 aromatic carbocycles. The van der Waals surface area contributed by atoms with Crippen molar-refractivity contribution < 1.29 is 14.2 Å². The van der Waals surface area contributed by atoms with E-state index in [2.05, 4.69) is 39.2 Å². The number of aromatic nitrogens is 3. The number of ether oxygens (including phenoxy) is 3. The summed E-state index contributed by atoms with van der Waals surface area (Å²) in [4.78, 5) is 17.5. The van der Waals surface area contributed by atoms with Gasteiger partial charge >= 0.3 is 5.69 Å². The van der Waals surface area contributed by atoms with Gasteiger partial charge in [0.1, 0.15) is 24.8 Å². The number of piperazine rings is 1. The highest BCUT2D eigenvalue weighted by molar-refractivity contribution is 6.35. The van der Waals surface area contributed by atoms with Crippen molar-refractivity contribution in [3.63, 3.8) is 0 Å². The van der Waals surface area contributed by atoms with E-state index in [4.69, 9.17) is 37.4 Å². The summed E-state index contributed by atoms with van der Waals surface area (Å²) in [6, 6.07) is 21.7. The number of anilines is 2. The predicted octanol–water partition coefficient (Wildman–Crippen LogP) is 6.31. The minimum absolute atomic E-state index is 0.0725. The molecule has 1 aromatic heterocycles. The Labute approximate surface area is 267 Å². The molecule has 9 nitrogen and oxygen atoms in total. The predicted molar refractivity (Wildman–Crippen MR) is 174 cm³/mol. The second-order valence-electron chi connectivity index (χ2n) is 11.4. The summed E-state index contributed by atoms with van der Waals surface area (Å²) in [7, 11) is 0. The third kappa shape index (κ3) is 6.33. The van der Waals surface area contributed by atoms with Crippen LogP contribution in [0.25, 0.3) is 5.69 Å². The molecule has 232 valence electrons. The molecule has 2 aliphatic rings. The number of rotatable bonds is 9. The number of halogens is 2. The van der Waals surface area contributed by atoms with Crippen molar-refractivity contribution in [1.82, 2.24) is 14.3 Å². The van der Waals surface area contributed by atoms with Crippen LogP contribution in [-0.4, -0.2) is 59.8 Å². The summed E-state index contributed by atoms with van der Waals surface area (Å²) in [6.45, 7) is 10.3. The van der Waals surface area contributed by atoms with E-state index in [1.807, 2.05) is 51.1 Å². The third-order valence-corrected chi connectivity index (χ3v) is 9.02. The lowest BCUT2D eigenvalue weighted by molar-refractivity contribution is -0.164. The summed E-state index contributed by atoms with van der Waals surface area (Å²) in [5.41, 5.74) is 3.76. The second kappa shape index (κ2) is 12.9. The summed E-state index contributed by atoms with van der Waals surface area (Å²) < 4.78 is 21.3. The zero-order valence-corrected chi connectivity index (χ0v) is 26.7. The molecule has 11 heteroatoms.